The predicted molar refractivity (Wildman–Crippen MR) is 84.3 cm³/mol. The number of amides is 1. The van der Waals surface area contributed by atoms with Crippen molar-refractivity contribution in [3.05, 3.63) is 48.4 Å². The number of benzene rings is 1. The summed E-state index contributed by atoms with van der Waals surface area (Å²) in [7, 11) is 0. The van der Waals surface area contributed by atoms with Gasteiger partial charge in [0.25, 0.3) is 0 Å². The molecule has 0 radical (unpaired) electrons. The van der Waals surface area contributed by atoms with Gasteiger partial charge in [0.15, 0.2) is 5.76 Å². The summed E-state index contributed by atoms with van der Waals surface area (Å²) in [5, 5.41) is 20.3. The van der Waals surface area contributed by atoms with Gasteiger partial charge in [-0.2, -0.15) is 0 Å². The molecule has 0 bridgehead atoms. The Kier molecular flexibility index (Phi) is 3.66. The van der Waals surface area contributed by atoms with Crippen molar-refractivity contribution in [1.29, 1.82) is 0 Å². The molecule has 0 saturated heterocycles. The number of nitrogens with zero attached hydrogens (tertiary/aromatic N) is 2. The first kappa shape index (κ1) is 15.2. The molecule has 0 atom stereocenters. The monoisotopic (exact) mass is 328 g/mol. The third-order valence-corrected chi connectivity index (χ3v) is 3.25. The quantitative estimate of drug-likeness (QED) is 0.576. The van der Waals surface area contributed by atoms with Crippen molar-refractivity contribution in [2.45, 2.75) is 0 Å². The molecule has 24 heavy (non-hydrogen) atoms. The highest BCUT2D eigenvalue weighted by Gasteiger charge is 2.16. The van der Waals surface area contributed by atoms with Crippen molar-refractivity contribution in [2.75, 3.05) is 11.1 Å². The van der Waals surface area contributed by atoms with Gasteiger partial charge in [0.1, 0.15) is 5.69 Å². The smallest absolute Gasteiger partial charge is 0.409 e. The minimum absolute atomic E-state index is 0.0198. The van der Waals surface area contributed by atoms with E-state index in [9.17, 15) is 9.59 Å². The molecular formula is C15H12N4O5. The first-order valence-electron chi connectivity index (χ1n) is 6.72. The van der Waals surface area contributed by atoms with Gasteiger partial charge >= 0.3 is 12.1 Å². The molecule has 0 unspecified atom stereocenters. The maximum atomic E-state index is 11.2. The maximum absolute atomic E-state index is 11.2. The molecule has 9 nitrogen and oxygen atoms in total. The number of hydrogen-bond acceptors (Lipinski definition) is 5. The minimum Gasteiger partial charge on any atom is -0.478 e. The standard InChI is InChI=1S/C15H12N4O5/c16-14-17-10(12-2-1-5-24-12)7-19(14)11-6-8(13(20)21)3-4-9(11)18-15(22)23/h1-7,18H,(H2,16,17)(H,20,21)(H,22,23). The average molecular weight is 328 g/mol. The Morgan fingerprint density at radius 3 is 2.67 bits per heavy atom. The number of hydrogen-bond donors (Lipinski definition) is 4. The van der Waals surface area contributed by atoms with Crippen LogP contribution in [0.15, 0.2) is 47.2 Å². The van der Waals surface area contributed by atoms with Crippen molar-refractivity contribution < 1.29 is 24.2 Å². The fourth-order valence-corrected chi connectivity index (χ4v) is 2.22. The second-order valence-electron chi connectivity index (χ2n) is 4.80. The van der Waals surface area contributed by atoms with E-state index in [-0.39, 0.29) is 22.9 Å². The molecule has 2 aromatic heterocycles. The molecule has 3 aromatic rings. The van der Waals surface area contributed by atoms with E-state index in [1.807, 2.05) is 0 Å². The van der Waals surface area contributed by atoms with E-state index in [0.29, 0.717) is 11.5 Å². The first-order chi connectivity index (χ1) is 11.5. The average Bonchev–Trinajstić information content (AvgIpc) is 3.16. The summed E-state index contributed by atoms with van der Waals surface area (Å²) in [6.07, 6.45) is 1.72. The number of nitrogen functional groups attached to an aromatic ring is 1. The minimum atomic E-state index is -1.29. The molecule has 122 valence electrons. The van der Waals surface area contributed by atoms with Gasteiger partial charge < -0.3 is 20.4 Å². The third kappa shape index (κ3) is 2.77. The zero-order chi connectivity index (χ0) is 17.3. The molecule has 0 saturated carbocycles. The number of nitrogens with one attached hydrogen (secondary N) is 1. The van der Waals surface area contributed by atoms with E-state index in [4.69, 9.17) is 20.4 Å². The Balaban J connectivity index is 2.15. The van der Waals surface area contributed by atoms with Gasteiger partial charge in [-0.1, -0.05) is 0 Å². The highest BCUT2D eigenvalue weighted by atomic mass is 16.4. The van der Waals surface area contributed by atoms with Crippen LogP contribution in [0, 0.1) is 0 Å². The van der Waals surface area contributed by atoms with Crippen LogP contribution in [0.2, 0.25) is 0 Å². The van der Waals surface area contributed by atoms with Crippen molar-refractivity contribution in [3.8, 4) is 17.1 Å². The molecule has 0 aliphatic heterocycles. The maximum Gasteiger partial charge on any atom is 0.409 e. The summed E-state index contributed by atoms with van der Waals surface area (Å²) in [4.78, 5) is 26.3. The Hall–Kier alpha value is -3.75. The summed E-state index contributed by atoms with van der Waals surface area (Å²) < 4.78 is 6.63. The lowest BCUT2D eigenvalue weighted by molar-refractivity contribution is 0.0697. The Bertz CT molecular complexity index is 914. The van der Waals surface area contributed by atoms with E-state index >= 15 is 0 Å². The number of aromatic carboxylic acids is 1. The van der Waals surface area contributed by atoms with Crippen LogP contribution in [0.3, 0.4) is 0 Å². The largest absolute Gasteiger partial charge is 0.478 e. The normalized spacial score (nSPS) is 10.5. The molecule has 0 aliphatic rings. The molecule has 0 aliphatic carbocycles. The summed E-state index contributed by atoms with van der Waals surface area (Å²) in [6.45, 7) is 0. The van der Waals surface area contributed by atoms with Crippen molar-refractivity contribution in [3.63, 3.8) is 0 Å². The molecule has 9 heteroatoms. The zero-order valence-electron chi connectivity index (χ0n) is 12.1. The second kappa shape index (κ2) is 5.80. The van der Waals surface area contributed by atoms with Crippen LogP contribution in [-0.4, -0.2) is 31.8 Å². The van der Waals surface area contributed by atoms with E-state index in [2.05, 4.69) is 10.3 Å². The van der Waals surface area contributed by atoms with E-state index in [0.717, 1.165) is 0 Å². The summed E-state index contributed by atoms with van der Waals surface area (Å²) in [5.74, 6) is -0.622. The van der Waals surface area contributed by atoms with Gasteiger partial charge in [-0.25, -0.2) is 14.6 Å². The SMILES string of the molecule is Nc1nc(-c2ccco2)cn1-c1cc(C(=O)O)ccc1NC(=O)O. The van der Waals surface area contributed by atoms with Gasteiger partial charge in [0, 0.05) is 6.20 Å². The summed E-state index contributed by atoms with van der Waals surface area (Å²) in [5.41, 5.74) is 6.71. The molecule has 1 aromatic carbocycles. The van der Waals surface area contributed by atoms with Crippen LogP contribution >= 0.6 is 0 Å². The summed E-state index contributed by atoms with van der Waals surface area (Å²) in [6, 6.07) is 7.32. The second-order valence-corrected chi connectivity index (χ2v) is 4.80. The van der Waals surface area contributed by atoms with Gasteiger partial charge in [-0.3, -0.25) is 9.88 Å². The number of nitrogens with two attached hydrogens (primary N) is 1. The number of furan rings is 1. The molecule has 0 fully saturated rings. The van der Waals surface area contributed by atoms with Crippen LogP contribution in [0.1, 0.15) is 10.4 Å². The Morgan fingerprint density at radius 2 is 2.04 bits per heavy atom. The van der Waals surface area contributed by atoms with E-state index in [1.54, 1.807) is 12.1 Å². The molecule has 0 spiro atoms. The topological polar surface area (TPSA) is 144 Å². The van der Waals surface area contributed by atoms with Gasteiger partial charge in [0.2, 0.25) is 5.95 Å². The molecule has 3 rings (SSSR count). The molecule has 5 N–H and O–H groups in total. The molecule has 2 heterocycles. The van der Waals surface area contributed by atoms with Crippen LogP contribution in [0.5, 0.6) is 0 Å². The fraction of sp³-hybridized carbons (Fsp3) is 0. The van der Waals surface area contributed by atoms with Gasteiger partial charge in [0.05, 0.1) is 23.2 Å². The van der Waals surface area contributed by atoms with Crippen LogP contribution in [0.25, 0.3) is 17.1 Å². The van der Waals surface area contributed by atoms with Crippen molar-refractivity contribution >= 4 is 23.7 Å². The van der Waals surface area contributed by atoms with Gasteiger partial charge in [-0.15, -0.1) is 0 Å². The van der Waals surface area contributed by atoms with Crippen LogP contribution < -0.4 is 11.1 Å². The number of carboxylic acid groups (broad SMARTS) is 2. The number of rotatable bonds is 4. The highest BCUT2D eigenvalue weighted by molar-refractivity contribution is 5.92. The van der Waals surface area contributed by atoms with E-state index in [1.165, 1.54) is 35.2 Å². The highest BCUT2D eigenvalue weighted by Crippen LogP contribution is 2.28. The molecule has 1 amide bonds. The first-order valence-corrected chi connectivity index (χ1v) is 6.72. The van der Waals surface area contributed by atoms with Crippen molar-refractivity contribution in [1.82, 2.24) is 9.55 Å². The Labute approximate surface area is 135 Å². The number of carbonyl (C=O) groups is 2. The summed E-state index contributed by atoms with van der Waals surface area (Å²) >= 11 is 0. The predicted octanol–water partition coefficient (Wildman–Crippen LogP) is 2.50. The fourth-order valence-electron chi connectivity index (χ4n) is 2.22. The van der Waals surface area contributed by atoms with Crippen molar-refractivity contribution in [2.24, 2.45) is 0 Å². The Morgan fingerprint density at radius 1 is 1.25 bits per heavy atom. The zero-order valence-corrected chi connectivity index (χ0v) is 12.1. The lowest BCUT2D eigenvalue weighted by Crippen LogP contribution is -2.12. The van der Waals surface area contributed by atoms with Crippen LogP contribution in [0.4, 0.5) is 16.4 Å². The van der Waals surface area contributed by atoms with E-state index < -0.39 is 12.1 Å². The lowest BCUT2D eigenvalue weighted by atomic mass is 10.1. The van der Waals surface area contributed by atoms with Gasteiger partial charge in [-0.05, 0) is 30.3 Å². The number of aromatic nitrogens is 2. The number of imidazole rings is 1. The van der Waals surface area contributed by atoms with Crippen LogP contribution in [-0.2, 0) is 0 Å². The number of anilines is 2. The lowest BCUT2D eigenvalue weighted by Gasteiger charge is -2.12. The number of carboxylic acids is 1. The molecular weight excluding hydrogens is 316 g/mol. The third-order valence-electron chi connectivity index (χ3n) is 3.25.